The van der Waals surface area contributed by atoms with Gasteiger partial charge in [-0.2, -0.15) is 0 Å². The van der Waals surface area contributed by atoms with E-state index in [-0.39, 0.29) is 17.7 Å². The van der Waals surface area contributed by atoms with Gasteiger partial charge in [-0.05, 0) is 54.2 Å². The van der Waals surface area contributed by atoms with E-state index in [0.717, 1.165) is 23.1 Å². The van der Waals surface area contributed by atoms with Crippen LogP contribution in [0.2, 0.25) is 0 Å². The molecule has 0 spiro atoms. The third kappa shape index (κ3) is 4.15. The fraction of sp³-hybridized carbons (Fsp3) is 0.571. The zero-order valence-corrected chi connectivity index (χ0v) is 17.7. The molecule has 2 heterocycles. The van der Waals surface area contributed by atoms with E-state index in [2.05, 4.69) is 32.2 Å². The van der Waals surface area contributed by atoms with Crippen molar-refractivity contribution in [1.29, 1.82) is 5.41 Å². The lowest BCUT2D eigenvalue weighted by atomic mass is 9.71. The average molecular weight is 387 g/mol. The van der Waals surface area contributed by atoms with E-state index in [0.29, 0.717) is 16.2 Å². The number of pyridine rings is 1. The molecule has 0 saturated carbocycles. The van der Waals surface area contributed by atoms with E-state index in [1.807, 2.05) is 19.9 Å². The van der Waals surface area contributed by atoms with E-state index in [9.17, 15) is 4.79 Å². The van der Waals surface area contributed by atoms with Crippen molar-refractivity contribution in [2.45, 2.75) is 59.9 Å². The van der Waals surface area contributed by atoms with E-state index in [4.69, 9.17) is 16.1 Å². The molecule has 0 radical (unpaired) electrons. The maximum absolute atomic E-state index is 12.7. The Labute approximate surface area is 165 Å². The second-order valence-corrected chi connectivity index (χ2v) is 10.1. The Morgan fingerprint density at radius 2 is 2.07 bits per heavy atom. The molecule has 2 atom stereocenters. The molecule has 1 aliphatic rings. The molecule has 0 fully saturated rings. The molecule has 27 heavy (non-hydrogen) atoms. The van der Waals surface area contributed by atoms with Gasteiger partial charge in [0, 0.05) is 11.1 Å². The summed E-state index contributed by atoms with van der Waals surface area (Å²) in [6.45, 7) is 10.8. The van der Waals surface area contributed by atoms with Crippen molar-refractivity contribution < 1.29 is 4.79 Å². The first kappa shape index (κ1) is 19.8. The summed E-state index contributed by atoms with van der Waals surface area (Å²) >= 11 is 1.42. The molecule has 0 aromatic carbocycles. The molecule has 1 aliphatic carbocycles. The van der Waals surface area contributed by atoms with Crippen LogP contribution in [0, 0.1) is 22.7 Å². The molecule has 0 bridgehead atoms. The first-order valence-electron chi connectivity index (χ1n) is 9.63. The van der Waals surface area contributed by atoms with Crippen LogP contribution in [-0.2, 0) is 12.8 Å². The van der Waals surface area contributed by atoms with Crippen LogP contribution in [0.5, 0.6) is 0 Å². The largest absolute Gasteiger partial charge is 0.386 e. The highest BCUT2D eigenvalue weighted by atomic mass is 32.1. The van der Waals surface area contributed by atoms with Gasteiger partial charge in [0.2, 0.25) is 0 Å². The molecule has 0 aliphatic heterocycles. The van der Waals surface area contributed by atoms with Crippen LogP contribution >= 0.6 is 11.3 Å². The van der Waals surface area contributed by atoms with Crippen molar-refractivity contribution in [2.75, 3.05) is 0 Å². The average Bonchev–Trinajstić information content (AvgIpc) is 2.98. The lowest BCUT2D eigenvalue weighted by molar-refractivity contribution is 0.0943. The molecule has 1 amide bonds. The van der Waals surface area contributed by atoms with Crippen LogP contribution in [0.15, 0.2) is 12.1 Å². The predicted octanol–water partition coefficient (Wildman–Crippen LogP) is 4.14. The number of thiophene rings is 1. The summed E-state index contributed by atoms with van der Waals surface area (Å²) in [6.07, 6.45) is 3.23. The number of amidine groups is 1. The first-order valence-corrected chi connectivity index (χ1v) is 10.4. The number of fused-ring (bicyclic) bond motifs is 2. The molecule has 1 unspecified atom stereocenters. The number of nitrogens with two attached hydrogens (primary N) is 1. The summed E-state index contributed by atoms with van der Waals surface area (Å²) in [7, 11) is 0. The number of carbonyl (C=O) groups excluding carboxylic acids is 1. The Bertz CT molecular complexity index is 878. The topological polar surface area (TPSA) is 91.9 Å². The molecule has 2 aromatic heterocycles. The van der Waals surface area contributed by atoms with Crippen LogP contribution < -0.4 is 11.1 Å². The third-order valence-electron chi connectivity index (χ3n) is 5.61. The molecule has 5 nitrogen and oxygen atoms in total. The van der Waals surface area contributed by atoms with Crippen molar-refractivity contribution in [3.63, 3.8) is 0 Å². The minimum atomic E-state index is -0.448. The van der Waals surface area contributed by atoms with Crippen molar-refractivity contribution in [1.82, 2.24) is 10.3 Å². The van der Waals surface area contributed by atoms with Gasteiger partial charge in [-0.3, -0.25) is 10.2 Å². The molecule has 3 rings (SSSR count). The number of nitrogens with zero attached hydrogens (tertiary/aromatic N) is 1. The fourth-order valence-electron chi connectivity index (χ4n) is 3.79. The molecule has 2 aromatic rings. The Morgan fingerprint density at radius 1 is 1.37 bits per heavy atom. The van der Waals surface area contributed by atoms with Gasteiger partial charge in [0.05, 0.1) is 10.9 Å². The van der Waals surface area contributed by atoms with Gasteiger partial charge in [-0.1, -0.05) is 34.6 Å². The van der Waals surface area contributed by atoms with Crippen LogP contribution in [-0.4, -0.2) is 22.8 Å². The van der Waals surface area contributed by atoms with E-state index in [1.54, 1.807) is 0 Å². The highest BCUT2D eigenvalue weighted by Crippen LogP contribution is 2.38. The number of hydrogen-bond donors (Lipinski definition) is 3. The lowest BCUT2D eigenvalue weighted by Gasteiger charge is -2.34. The second kappa shape index (κ2) is 7.23. The van der Waals surface area contributed by atoms with Crippen molar-refractivity contribution >= 4 is 33.3 Å². The molecular formula is C21H30N4OS. The number of aromatic nitrogens is 1. The maximum atomic E-state index is 12.7. The summed E-state index contributed by atoms with van der Waals surface area (Å²) in [6, 6.07) is 3.69. The first-order chi connectivity index (χ1) is 12.6. The highest BCUT2D eigenvalue weighted by molar-refractivity contribution is 7.20. The molecule has 6 heteroatoms. The quantitative estimate of drug-likeness (QED) is 0.545. The lowest BCUT2D eigenvalue weighted by Crippen LogP contribution is -2.47. The zero-order valence-electron chi connectivity index (χ0n) is 16.8. The van der Waals surface area contributed by atoms with Crippen LogP contribution in [0.4, 0.5) is 0 Å². The standard InChI is InChI=1S/C21H30N4OS/c1-11(2)17(18(22)23)25-19(26)16-10-13-8-12-9-14(21(3,4)5)6-7-15(12)24-20(13)27-16/h8,10-11,14,17H,6-7,9H2,1-5H3,(H3,22,23)(H,25,26)/t14?,17-/m0/s1. The van der Waals surface area contributed by atoms with Crippen LogP contribution in [0.3, 0.4) is 0 Å². The Balaban J connectivity index is 1.86. The van der Waals surface area contributed by atoms with E-state index < -0.39 is 6.04 Å². The summed E-state index contributed by atoms with van der Waals surface area (Å²) in [5.74, 6) is 0.535. The monoisotopic (exact) mass is 386 g/mol. The summed E-state index contributed by atoms with van der Waals surface area (Å²) in [4.78, 5) is 19.1. The van der Waals surface area contributed by atoms with Gasteiger partial charge >= 0.3 is 0 Å². The van der Waals surface area contributed by atoms with Gasteiger partial charge < -0.3 is 11.1 Å². The third-order valence-corrected chi connectivity index (χ3v) is 6.65. The fourth-order valence-corrected chi connectivity index (χ4v) is 4.73. The Morgan fingerprint density at radius 3 is 2.67 bits per heavy atom. The number of nitrogens with one attached hydrogen (secondary N) is 2. The van der Waals surface area contributed by atoms with Crippen molar-refractivity contribution in [3.8, 4) is 0 Å². The zero-order chi connectivity index (χ0) is 19.9. The minimum absolute atomic E-state index is 0.0127. The number of hydrogen-bond acceptors (Lipinski definition) is 4. The van der Waals surface area contributed by atoms with E-state index >= 15 is 0 Å². The number of aryl methyl sites for hydroxylation is 1. The van der Waals surface area contributed by atoms with Gasteiger partial charge in [-0.15, -0.1) is 11.3 Å². The second-order valence-electron chi connectivity index (χ2n) is 9.06. The smallest absolute Gasteiger partial charge is 0.262 e. The summed E-state index contributed by atoms with van der Waals surface area (Å²) < 4.78 is 0. The van der Waals surface area contributed by atoms with Crippen LogP contribution in [0.25, 0.3) is 10.2 Å². The van der Waals surface area contributed by atoms with Gasteiger partial charge in [-0.25, -0.2) is 4.98 Å². The van der Waals surface area contributed by atoms with Gasteiger partial charge in [0.15, 0.2) is 0 Å². The van der Waals surface area contributed by atoms with Gasteiger partial charge in [0.25, 0.3) is 5.91 Å². The molecule has 146 valence electrons. The maximum Gasteiger partial charge on any atom is 0.262 e. The summed E-state index contributed by atoms with van der Waals surface area (Å²) in [5.41, 5.74) is 8.43. The number of rotatable bonds is 4. The van der Waals surface area contributed by atoms with Crippen molar-refractivity contribution in [3.05, 3.63) is 28.3 Å². The SMILES string of the molecule is CC(C)[C@H](NC(=O)c1cc2cc3c(nc2s1)CCC(C(C)(C)C)C3)C(=N)N. The number of carbonyl (C=O) groups is 1. The molecule has 4 N–H and O–H groups in total. The minimum Gasteiger partial charge on any atom is -0.386 e. The molecular weight excluding hydrogens is 356 g/mol. The van der Waals surface area contributed by atoms with E-state index in [1.165, 1.54) is 29.0 Å². The van der Waals surface area contributed by atoms with Crippen LogP contribution in [0.1, 0.15) is 62.0 Å². The van der Waals surface area contributed by atoms with Crippen molar-refractivity contribution in [2.24, 2.45) is 23.0 Å². The Hall–Kier alpha value is -1.95. The predicted molar refractivity (Wildman–Crippen MR) is 113 cm³/mol. The number of amides is 1. The highest BCUT2D eigenvalue weighted by Gasteiger charge is 2.30. The van der Waals surface area contributed by atoms with Gasteiger partial charge in [0.1, 0.15) is 10.7 Å². The Kier molecular flexibility index (Phi) is 5.30. The molecule has 0 saturated heterocycles. The summed E-state index contributed by atoms with van der Waals surface area (Å²) in [5, 5.41) is 11.6. The normalized spacial score (nSPS) is 18.4.